The van der Waals surface area contributed by atoms with E-state index in [9.17, 15) is 4.79 Å². The van der Waals surface area contributed by atoms with Crippen LogP contribution in [0.15, 0.2) is 23.1 Å². The Bertz CT molecular complexity index is 333. The molecule has 0 aliphatic rings. The van der Waals surface area contributed by atoms with E-state index in [1.165, 1.54) is 6.07 Å². The van der Waals surface area contributed by atoms with E-state index < -0.39 is 0 Å². The molecule has 0 radical (unpaired) electrons. The Hall–Kier alpha value is -1.25. The van der Waals surface area contributed by atoms with Crippen LogP contribution >= 0.6 is 0 Å². The molecule has 1 rings (SSSR count). The summed E-state index contributed by atoms with van der Waals surface area (Å²) < 4.78 is 1.63. The number of hydrogen-bond acceptors (Lipinski definition) is 2. The summed E-state index contributed by atoms with van der Waals surface area (Å²) in [5.74, 6) is 0. The van der Waals surface area contributed by atoms with Crippen LogP contribution in [-0.4, -0.2) is 4.57 Å². The number of anilines is 1. The molecule has 0 saturated heterocycles. The summed E-state index contributed by atoms with van der Waals surface area (Å²) in [6.07, 6.45) is 1.67. The Kier molecular flexibility index (Phi) is 1.96. The first-order valence-electron chi connectivity index (χ1n) is 3.90. The van der Waals surface area contributed by atoms with E-state index in [1.54, 1.807) is 16.8 Å². The van der Waals surface area contributed by atoms with E-state index in [0.717, 1.165) is 0 Å². The van der Waals surface area contributed by atoms with Crippen LogP contribution in [0, 0.1) is 0 Å². The molecule has 0 spiro atoms. The normalized spacial score (nSPS) is 11.6. The van der Waals surface area contributed by atoms with E-state index in [1.807, 2.05) is 20.8 Å². The molecular weight excluding hydrogens is 152 g/mol. The summed E-state index contributed by atoms with van der Waals surface area (Å²) in [6, 6.07) is 3.10. The molecule has 0 aliphatic carbocycles. The fraction of sp³-hybridized carbons (Fsp3) is 0.444. The standard InChI is InChI=1S/C9H14N2O/c1-9(2,3)11-6-7(10)4-5-8(11)12/h4-6H,10H2,1-3H3. The minimum atomic E-state index is -0.202. The first kappa shape index (κ1) is 8.84. The van der Waals surface area contributed by atoms with Crippen molar-refractivity contribution in [3.05, 3.63) is 28.7 Å². The van der Waals surface area contributed by atoms with Gasteiger partial charge < -0.3 is 10.3 Å². The first-order valence-corrected chi connectivity index (χ1v) is 3.90. The highest BCUT2D eigenvalue weighted by Gasteiger charge is 2.13. The highest BCUT2D eigenvalue weighted by Crippen LogP contribution is 2.11. The molecule has 1 aromatic heterocycles. The SMILES string of the molecule is CC(C)(C)n1cc(N)ccc1=O. The number of pyridine rings is 1. The summed E-state index contributed by atoms with van der Waals surface area (Å²) in [6.45, 7) is 5.90. The van der Waals surface area contributed by atoms with Crippen LogP contribution in [0.1, 0.15) is 20.8 Å². The molecule has 0 fully saturated rings. The van der Waals surface area contributed by atoms with Gasteiger partial charge in [0.15, 0.2) is 0 Å². The predicted octanol–water partition coefficient (Wildman–Crippen LogP) is 1.19. The fourth-order valence-corrected chi connectivity index (χ4v) is 1.03. The van der Waals surface area contributed by atoms with Gasteiger partial charge in [0, 0.05) is 23.5 Å². The van der Waals surface area contributed by atoms with Crippen molar-refractivity contribution in [2.45, 2.75) is 26.3 Å². The van der Waals surface area contributed by atoms with Gasteiger partial charge in [0.2, 0.25) is 0 Å². The average molecular weight is 166 g/mol. The van der Waals surface area contributed by atoms with Crippen molar-refractivity contribution in [1.82, 2.24) is 4.57 Å². The number of aromatic nitrogens is 1. The molecule has 0 saturated carbocycles. The molecule has 3 nitrogen and oxygen atoms in total. The molecular formula is C9H14N2O. The van der Waals surface area contributed by atoms with Gasteiger partial charge in [-0.25, -0.2) is 0 Å². The second kappa shape index (κ2) is 2.66. The third-order valence-electron chi connectivity index (χ3n) is 1.66. The third kappa shape index (κ3) is 1.67. The van der Waals surface area contributed by atoms with Gasteiger partial charge in [-0.2, -0.15) is 0 Å². The van der Waals surface area contributed by atoms with Crippen molar-refractivity contribution < 1.29 is 0 Å². The molecule has 66 valence electrons. The zero-order valence-corrected chi connectivity index (χ0v) is 7.66. The average Bonchev–Trinajstić information content (AvgIpc) is 1.92. The number of rotatable bonds is 0. The van der Waals surface area contributed by atoms with Crippen LogP contribution < -0.4 is 11.3 Å². The molecule has 0 bridgehead atoms. The zero-order chi connectivity index (χ0) is 9.35. The smallest absolute Gasteiger partial charge is 0.251 e. The van der Waals surface area contributed by atoms with Crippen molar-refractivity contribution in [1.29, 1.82) is 0 Å². The lowest BCUT2D eigenvalue weighted by atomic mass is 10.1. The second-order valence-electron chi connectivity index (χ2n) is 3.84. The maximum absolute atomic E-state index is 11.3. The van der Waals surface area contributed by atoms with Crippen LogP contribution in [0.2, 0.25) is 0 Å². The van der Waals surface area contributed by atoms with E-state index in [2.05, 4.69) is 0 Å². The molecule has 1 heterocycles. The summed E-state index contributed by atoms with van der Waals surface area (Å²) in [4.78, 5) is 11.3. The van der Waals surface area contributed by atoms with Crippen LogP contribution in [0.5, 0.6) is 0 Å². The van der Waals surface area contributed by atoms with Crippen molar-refractivity contribution in [2.24, 2.45) is 0 Å². The van der Waals surface area contributed by atoms with Crippen molar-refractivity contribution in [3.8, 4) is 0 Å². The Labute approximate surface area is 71.8 Å². The predicted molar refractivity (Wildman–Crippen MR) is 50.1 cm³/mol. The number of hydrogen-bond donors (Lipinski definition) is 1. The van der Waals surface area contributed by atoms with E-state index in [4.69, 9.17) is 5.73 Å². The third-order valence-corrected chi connectivity index (χ3v) is 1.66. The summed E-state index contributed by atoms with van der Waals surface area (Å²) in [7, 11) is 0. The Morgan fingerprint density at radius 3 is 2.33 bits per heavy atom. The molecule has 3 heteroatoms. The Morgan fingerprint density at radius 1 is 1.33 bits per heavy atom. The van der Waals surface area contributed by atoms with Crippen LogP contribution in [0.3, 0.4) is 0 Å². The molecule has 0 unspecified atom stereocenters. The lowest BCUT2D eigenvalue weighted by molar-refractivity contribution is 0.385. The molecule has 0 amide bonds. The van der Waals surface area contributed by atoms with Gasteiger partial charge in [0.25, 0.3) is 5.56 Å². The number of nitrogens with two attached hydrogens (primary N) is 1. The number of nitrogen functional groups attached to an aromatic ring is 1. The van der Waals surface area contributed by atoms with E-state index in [-0.39, 0.29) is 11.1 Å². The zero-order valence-electron chi connectivity index (χ0n) is 7.66. The topological polar surface area (TPSA) is 48.0 Å². The largest absolute Gasteiger partial charge is 0.398 e. The van der Waals surface area contributed by atoms with Gasteiger partial charge in [-0.15, -0.1) is 0 Å². The van der Waals surface area contributed by atoms with Crippen molar-refractivity contribution in [2.75, 3.05) is 5.73 Å². The minimum Gasteiger partial charge on any atom is -0.398 e. The quantitative estimate of drug-likeness (QED) is 0.629. The second-order valence-corrected chi connectivity index (χ2v) is 3.84. The maximum atomic E-state index is 11.3. The number of nitrogens with zero attached hydrogens (tertiary/aromatic N) is 1. The van der Waals surface area contributed by atoms with Gasteiger partial charge in [-0.1, -0.05) is 0 Å². The van der Waals surface area contributed by atoms with Crippen LogP contribution in [0.25, 0.3) is 0 Å². The molecule has 0 atom stereocenters. The van der Waals surface area contributed by atoms with Gasteiger partial charge in [-0.3, -0.25) is 4.79 Å². The first-order chi connectivity index (χ1) is 5.41. The van der Waals surface area contributed by atoms with Crippen LogP contribution in [-0.2, 0) is 5.54 Å². The van der Waals surface area contributed by atoms with E-state index in [0.29, 0.717) is 5.69 Å². The highest BCUT2D eigenvalue weighted by molar-refractivity contribution is 5.33. The summed E-state index contributed by atoms with van der Waals surface area (Å²) in [5, 5.41) is 0. The highest BCUT2D eigenvalue weighted by atomic mass is 16.1. The van der Waals surface area contributed by atoms with Gasteiger partial charge in [-0.05, 0) is 26.8 Å². The molecule has 12 heavy (non-hydrogen) atoms. The monoisotopic (exact) mass is 166 g/mol. The Balaban J connectivity index is 3.33. The lowest BCUT2D eigenvalue weighted by Crippen LogP contribution is -2.32. The van der Waals surface area contributed by atoms with Gasteiger partial charge in [0.1, 0.15) is 0 Å². The summed E-state index contributed by atoms with van der Waals surface area (Å²) >= 11 is 0. The van der Waals surface area contributed by atoms with Crippen LogP contribution in [0.4, 0.5) is 5.69 Å². The molecule has 1 aromatic rings. The Morgan fingerprint density at radius 2 is 1.92 bits per heavy atom. The van der Waals surface area contributed by atoms with E-state index >= 15 is 0 Å². The molecule has 2 N–H and O–H groups in total. The molecule has 0 aliphatic heterocycles. The fourth-order valence-electron chi connectivity index (χ4n) is 1.03. The summed E-state index contributed by atoms with van der Waals surface area (Å²) in [5.41, 5.74) is 5.96. The molecule has 0 aromatic carbocycles. The minimum absolute atomic E-state index is 0.0169. The van der Waals surface area contributed by atoms with Gasteiger partial charge >= 0.3 is 0 Å². The maximum Gasteiger partial charge on any atom is 0.251 e. The van der Waals surface area contributed by atoms with Crippen molar-refractivity contribution >= 4 is 5.69 Å². The lowest BCUT2D eigenvalue weighted by Gasteiger charge is -2.22. The van der Waals surface area contributed by atoms with Gasteiger partial charge in [0.05, 0.1) is 0 Å². The van der Waals surface area contributed by atoms with Crippen molar-refractivity contribution in [3.63, 3.8) is 0 Å².